The maximum absolute atomic E-state index is 4.68. The van der Waals surface area contributed by atoms with Gasteiger partial charge in [0, 0.05) is 37.0 Å². The maximum atomic E-state index is 4.68. The van der Waals surface area contributed by atoms with Gasteiger partial charge in [0.2, 0.25) is 0 Å². The number of hydrogen-bond donors (Lipinski definition) is 0. The lowest BCUT2D eigenvalue weighted by atomic mass is 10.2. The van der Waals surface area contributed by atoms with Crippen molar-refractivity contribution in [1.29, 1.82) is 0 Å². The van der Waals surface area contributed by atoms with Gasteiger partial charge in [-0.3, -0.25) is 0 Å². The highest BCUT2D eigenvalue weighted by Gasteiger charge is 2.05. The molecule has 19 heavy (non-hydrogen) atoms. The fourth-order valence-corrected chi connectivity index (χ4v) is 2.63. The first-order chi connectivity index (χ1) is 9.33. The van der Waals surface area contributed by atoms with Crippen LogP contribution in [0.15, 0.2) is 48.0 Å². The third-order valence-corrected chi connectivity index (χ3v) is 3.96. The summed E-state index contributed by atoms with van der Waals surface area (Å²) in [5.41, 5.74) is 1.04. The molecule has 3 nitrogen and oxygen atoms in total. The predicted molar refractivity (Wildman–Crippen MR) is 80.8 cm³/mol. The number of anilines is 1. The van der Waals surface area contributed by atoms with Crippen LogP contribution < -0.4 is 4.90 Å². The number of nitrogens with zero attached hydrogens (tertiary/aromatic N) is 3. The lowest BCUT2D eigenvalue weighted by Gasteiger charge is -2.17. The van der Waals surface area contributed by atoms with E-state index < -0.39 is 0 Å². The molecule has 1 aromatic carbocycles. The molecule has 0 aliphatic rings. The molecule has 4 heteroatoms. The molecule has 0 aliphatic heterocycles. The van der Waals surface area contributed by atoms with E-state index in [1.807, 2.05) is 29.8 Å². The third-order valence-electron chi connectivity index (χ3n) is 3.12. The molecule has 0 saturated carbocycles. The van der Waals surface area contributed by atoms with E-state index in [2.05, 4.69) is 40.1 Å². The van der Waals surface area contributed by atoms with Gasteiger partial charge in [0.25, 0.3) is 0 Å². The van der Waals surface area contributed by atoms with Gasteiger partial charge in [-0.2, -0.15) is 0 Å². The van der Waals surface area contributed by atoms with E-state index in [-0.39, 0.29) is 0 Å². The molecule has 0 unspecified atom stereocenters. The summed E-state index contributed by atoms with van der Waals surface area (Å²) >= 11 is 1.70. The number of hydrogen-bond acceptors (Lipinski definition) is 4. The molecule has 0 atom stereocenters. The Morgan fingerprint density at radius 3 is 2.89 bits per heavy atom. The van der Waals surface area contributed by atoms with E-state index in [0.717, 1.165) is 24.3 Å². The van der Waals surface area contributed by atoms with Gasteiger partial charge in [-0.15, -0.1) is 11.3 Å². The Hall–Kier alpha value is -1.94. The van der Waals surface area contributed by atoms with Crippen molar-refractivity contribution in [3.05, 3.63) is 53.0 Å². The normalized spacial score (nSPS) is 10.8. The summed E-state index contributed by atoms with van der Waals surface area (Å²) < 4.78 is 0. The Kier molecular flexibility index (Phi) is 3.42. The Balaban J connectivity index is 1.75. The van der Waals surface area contributed by atoms with Crippen molar-refractivity contribution in [2.75, 3.05) is 18.5 Å². The monoisotopic (exact) mass is 269 g/mol. The van der Waals surface area contributed by atoms with Crippen molar-refractivity contribution < 1.29 is 0 Å². The molecule has 0 saturated heterocycles. The second kappa shape index (κ2) is 5.36. The molecule has 3 aromatic rings. The molecule has 2 heterocycles. The molecule has 0 amide bonds. The van der Waals surface area contributed by atoms with Gasteiger partial charge in [0.05, 0.1) is 10.5 Å². The van der Waals surface area contributed by atoms with Crippen LogP contribution in [0.2, 0.25) is 0 Å². The highest BCUT2D eigenvalue weighted by atomic mass is 32.1. The van der Waals surface area contributed by atoms with Crippen molar-refractivity contribution in [1.82, 2.24) is 9.97 Å². The van der Waals surface area contributed by atoms with Gasteiger partial charge in [-0.1, -0.05) is 18.2 Å². The zero-order valence-electron chi connectivity index (χ0n) is 10.8. The number of aromatic nitrogens is 2. The molecule has 2 aromatic heterocycles. The molecule has 0 radical (unpaired) electrons. The molecule has 3 rings (SSSR count). The average molecular weight is 269 g/mol. The smallest absolute Gasteiger partial charge is 0.128 e. The number of benzene rings is 1. The number of fused-ring (bicyclic) bond motifs is 1. The van der Waals surface area contributed by atoms with Crippen molar-refractivity contribution >= 4 is 28.1 Å². The quantitative estimate of drug-likeness (QED) is 0.727. The topological polar surface area (TPSA) is 29.0 Å². The van der Waals surface area contributed by atoms with E-state index in [4.69, 9.17) is 0 Å². The van der Waals surface area contributed by atoms with Gasteiger partial charge >= 0.3 is 0 Å². The standard InChI is InChI=1S/C15H15N3S/c1-18(10-8-15-16-9-11-19-15)14-7-6-12-4-2-3-5-13(12)17-14/h2-7,9,11H,8,10H2,1H3. The SMILES string of the molecule is CN(CCc1nccs1)c1ccc2ccccc2n1. The average Bonchev–Trinajstić information content (AvgIpc) is 2.97. The summed E-state index contributed by atoms with van der Waals surface area (Å²) in [6.07, 6.45) is 2.82. The fraction of sp³-hybridized carbons (Fsp3) is 0.200. The molecule has 0 aliphatic carbocycles. The summed E-state index contributed by atoms with van der Waals surface area (Å²) in [5, 5.41) is 4.37. The lowest BCUT2D eigenvalue weighted by molar-refractivity contribution is 0.856. The summed E-state index contributed by atoms with van der Waals surface area (Å²) in [5.74, 6) is 1.01. The van der Waals surface area contributed by atoms with Crippen LogP contribution in [0.1, 0.15) is 5.01 Å². The fourth-order valence-electron chi connectivity index (χ4n) is 2.02. The van der Waals surface area contributed by atoms with Crippen LogP contribution in [0, 0.1) is 0 Å². The molecule has 0 spiro atoms. The van der Waals surface area contributed by atoms with Crippen LogP contribution in [-0.2, 0) is 6.42 Å². The van der Waals surface area contributed by atoms with Crippen LogP contribution >= 0.6 is 11.3 Å². The Bertz CT molecular complexity index is 664. The zero-order valence-corrected chi connectivity index (χ0v) is 11.6. The van der Waals surface area contributed by atoms with Crippen LogP contribution in [0.5, 0.6) is 0 Å². The van der Waals surface area contributed by atoms with Crippen LogP contribution in [0.4, 0.5) is 5.82 Å². The summed E-state index contributed by atoms with van der Waals surface area (Å²) in [6.45, 7) is 0.929. The van der Waals surface area contributed by atoms with Gasteiger partial charge < -0.3 is 4.90 Å². The van der Waals surface area contributed by atoms with Crippen molar-refractivity contribution in [3.8, 4) is 0 Å². The molecular formula is C15H15N3S. The minimum atomic E-state index is 0.929. The molecule has 96 valence electrons. The van der Waals surface area contributed by atoms with E-state index in [1.54, 1.807) is 11.3 Å². The number of pyridine rings is 1. The summed E-state index contributed by atoms with van der Waals surface area (Å²) in [4.78, 5) is 11.2. The Morgan fingerprint density at radius 1 is 1.16 bits per heavy atom. The van der Waals surface area contributed by atoms with Gasteiger partial charge in [0.15, 0.2) is 0 Å². The second-order valence-electron chi connectivity index (χ2n) is 4.46. The van der Waals surface area contributed by atoms with E-state index in [0.29, 0.717) is 0 Å². The largest absolute Gasteiger partial charge is 0.359 e. The molecule has 0 fully saturated rings. The first-order valence-electron chi connectivity index (χ1n) is 6.28. The second-order valence-corrected chi connectivity index (χ2v) is 5.44. The number of para-hydroxylation sites is 1. The first-order valence-corrected chi connectivity index (χ1v) is 7.16. The summed E-state index contributed by atoms with van der Waals surface area (Å²) in [6, 6.07) is 12.4. The third kappa shape index (κ3) is 2.74. The van der Waals surface area contributed by atoms with Crippen molar-refractivity contribution in [3.63, 3.8) is 0 Å². The van der Waals surface area contributed by atoms with Crippen LogP contribution in [0.25, 0.3) is 10.9 Å². The van der Waals surface area contributed by atoms with Gasteiger partial charge in [-0.25, -0.2) is 9.97 Å². The van der Waals surface area contributed by atoms with E-state index in [1.165, 1.54) is 10.4 Å². The minimum absolute atomic E-state index is 0.929. The number of thiazole rings is 1. The van der Waals surface area contributed by atoms with Crippen molar-refractivity contribution in [2.45, 2.75) is 6.42 Å². The molecule has 0 bridgehead atoms. The lowest BCUT2D eigenvalue weighted by Crippen LogP contribution is -2.21. The Labute approximate surface area is 116 Å². The highest BCUT2D eigenvalue weighted by molar-refractivity contribution is 7.09. The van der Waals surface area contributed by atoms with Crippen LogP contribution in [-0.4, -0.2) is 23.6 Å². The van der Waals surface area contributed by atoms with Gasteiger partial charge in [-0.05, 0) is 18.2 Å². The Morgan fingerprint density at radius 2 is 2.05 bits per heavy atom. The minimum Gasteiger partial charge on any atom is -0.359 e. The zero-order chi connectivity index (χ0) is 13.1. The first kappa shape index (κ1) is 12.1. The van der Waals surface area contributed by atoms with Crippen molar-refractivity contribution in [2.24, 2.45) is 0 Å². The van der Waals surface area contributed by atoms with Crippen LogP contribution in [0.3, 0.4) is 0 Å². The maximum Gasteiger partial charge on any atom is 0.128 e. The van der Waals surface area contributed by atoms with E-state index in [9.17, 15) is 0 Å². The predicted octanol–water partition coefficient (Wildman–Crippen LogP) is 3.37. The molecular weight excluding hydrogens is 254 g/mol. The highest BCUT2D eigenvalue weighted by Crippen LogP contribution is 2.17. The molecule has 0 N–H and O–H groups in total. The number of likely N-dealkylation sites (N-methyl/N-ethyl adjacent to an activating group) is 1. The number of rotatable bonds is 4. The van der Waals surface area contributed by atoms with Gasteiger partial charge in [0.1, 0.15) is 5.82 Å². The van der Waals surface area contributed by atoms with E-state index >= 15 is 0 Å². The summed E-state index contributed by atoms with van der Waals surface area (Å²) in [7, 11) is 2.07.